The Morgan fingerprint density at radius 3 is 2.50 bits per heavy atom. The van der Waals surface area contributed by atoms with Crippen LogP contribution in [0.25, 0.3) is 0 Å². The molecule has 0 aliphatic heterocycles. The summed E-state index contributed by atoms with van der Waals surface area (Å²) in [5, 5.41) is 0. The van der Waals surface area contributed by atoms with E-state index in [0.717, 1.165) is 5.56 Å². The van der Waals surface area contributed by atoms with Crippen molar-refractivity contribution >= 4 is 23.5 Å². The third-order valence-corrected chi connectivity index (χ3v) is 1.19. The summed E-state index contributed by atoms with van der Waals surface area (Å²) in [5.74, 6) is 0.549. The second kappa shape index (κ2) is 6.81. The molecule has 0 atom stereocenters. The molecule has 0 spiro atoms. The van der Waals surface area contributed by atoms with E-state index in [1.807, 2.05) is 12.1 Å². The monoisotopic (exact) mass is 179 g/mol. The lowest BCUT2D eigenvalue weighted by Crippen LogP contribution is -1.75. The van der Waals surface area contributed by atoms with E-state index >= 15 is 0 Å². The molecule has 1 aromatic rings. The Balaban J connectivity index is 0.000000371. The smallest absolute Gasteiger partial charge is 0.0579 e. The van der Waals surface area contributed by atoms with Crippen LogP contribution in [-0.2, 0) is 5.88 Å². The lowest BCUT2D eigenvalue weighted by molar-refractivity contribution is 0.632. The number of nitrogens with zero attached hydrogens (tertiary/aromatic N) is 1. The van der Waals surface area contributed by atoms with Crippen LogP contribution in [0.3, 0.4) is 0 Å². The lowest BCUT2D eigenvalue weighted by Gasteiger charge is -1.87. The van der Waals surface area contributed by atoms with Crippen LogP contribution in [0.2, 0.25) is 0 Å². The topological polar surface area (TPSA) is 33.1 Å². The van der Waals surface area contributed by atoms with Crippen LogP contribution in [0, 0.1) is 0 Å². The summed E-state index contributed by atoms with van der Waals surface area (Å²) in [4.78, 5) is 3.87. The van der Waals surface area contributed by atoms with Gasteiger partial charge in [-0.25, -0.2) is 0 Å². The number of hydrogen-bond donors (Lipinski definition) is 1. The molecule has 1 aromatic heterocycles. The van der Waals surface area contributed by atoms with E-state index in [1.165, 1.54) is 0 Å². The van der Waals surface area contributed by atoms with Gasteiger partial charge in [-0.3, -0.25) is 9.64 Å². The highest BCUT2D eigenvalue weighted by molar-refractivity contribution is 6.17. The van der Waals surface area contributed by atoms with Crippen LogP contribution in [-0.4, -0.2) is 9.64 Å². The predicted molar refractivity (Wildman–Crippen MR) is 41.9 cm³/mol. The van der Waals surface area contributed by atoms with Crippen LogP contribution < -0.4 is 0 Å². The van der Waals surface area contributed by atoms with Gasteiger partial charge in [-0.1, -0.05) is 6.07 Å². The first kappa shape index (κ1) is 9.69. The zero-order chi connectivity index (χ0) is 7.82. The van der Waals surface area contributed by atoms with Crippen molar-refractivity contribution in [3.05, 3.63) is 30.1 Å². The van der Waals surface area contributed by atoms with Gasteiger partial charge in [0, 0.05) is 18.3 Å². The van der Waals surface area contributed by atoms with E-state index in [-0.39, 0.29) is 0 Å². The predicted octanol–water partition coefficient (Wildman–Crippen LogP) is 1.95. The second-order valence-corrected chi connectivity index (χ2v) is 1.76. The van der Waals surface area contributed by atoms with E-state index in [1.54, 1.807) is 12.4 Å². The van der Waals surface area contributed by atoms with Gasteiger partial charge in [-0.2, -0.15) is 0 Å². The van der Waals surface area contributed by atoms with Gasteiger partial charge in [0.05, 0.1) is 11.9 Å². The Bertz CT molecular complexity index is 157. The largest absolute Gasteiger partial charge is 0.295 e. The SMILES string of the molecule is ClCc1cccnc1.OCl. The van der Waals surface area contributed by atoms with Crippen molar-refractivity contribution in [3.8, 4) is 0 Å². The van der Waals surface area contributed by atoms with Gasteiger partial charge >= 0.3 is 0 Å². The van der Waals surface area contributed by atoms with Crippen LogP contribution in [0.1, 0.15) is 5.56 Å². The zero-order valence-electron chi connectivity index (χ0n) is 5.17. The molecule has 0 fully saturated rings. The Morgan fingerprint density at radius 1 is 1.50 bits per heavy atom. The Morgan fingerprint density at radius 2 is 2.20 bits per heavy atom. The van der Waals surface area contributed by atoms with Gasteiger partial charge in [-0.05, 0) is 11.6 Å². The molecule has 1 N–H and O–H groups in total. The van der Waals surface area contributed by atoms with Crippen molar-refractivity contribution in [2.24, 2.45) is 0 Å². The standard InChI is InChI=1S/C6H6ClN.ClHO/c7-4-6-2-1-3-8-5-6;1-2/h1-3,5H,4H2;2H. The summed E-state index contributed by atoms with van der Waals surface area (Å²) in [6.07, 6.45) is 3.49. The molecule has 4 heteroatoms. The molecule has 1 heterocycles. The Labute approximate surface area is 69.6 Å². The second-order valence-electron chi connectivity index (χ2n) is 1.49. The summed E-state index contributed by atoms with van der Waals surface area (Å²) in [6.45, 7) is 0. The molecule has 0 aromatic carbocycles. The molecule has 0 saturated carbocycles. The van der Waals surface area contributed by atoms with Crippen molar-refractivity contribution < 1.29 is 4.66 Å². The number of rotatable bonds is 1. The molecular weight excluding hydrogens is 173 g/mol. The van der Waals surface area contributed by atoms with Gasteiger partial charge in [0.15, 0.2) is 0 Å². The van der Waals surface area contributed by atoms with Crippen LogP contribution in [0.4, 0.5) is 0 Å². The van der Waals surface area contributed by atoms with Crippen molar-refractivity contribution in [3.63, 3.8) is 0 Å². The number of pyridine rings is 1. The fraction of sp³-hybridized carbons (Fsp3) is 0.167. The van der Waals surface area contributed by atoms with Crippen LogP contribution in [0.5, 0.6) is 0 Å². The highest BCUT2D eigenvalue weighted by atomic mass is 35.5. The Hall–Kier alpha value is -0.310. The van der Waals surface area contributed by atoms with Crippen molar-refractivity contribution in [2.45, 2.75) is 5.88 Å². The summed E-state index contributed by atoms with van der Waals surface area (Å²) in [6, 6.07) is 3.82. The van der Waals surface area contributed by atoms with Gasteiger partial charge in [-0.15, -0.1) is 11.6 Å². The highest BCUT2D eigenvalue weighted by Crippen LogP contribution is 1.98. The van der Waals surface area contributed by atoms with Crippen molar-refractivity contribution in [1.82, 2.24) is 4.98 Å². The van der Waals surface area contributed by atoms with E-state index in [0.29, 0.717) is 5.88 Å². The normalized spacial score (nSPS) is 7.90. The van der Waals surface area contributed by atoms with Gasteiger partial charge < -0.3 is 0 Å². The van der Waals surface area contributed by atoms with E-state index in [4.69, 9.17) is 16.3 Å². The van der Waals surface area contributed by atoms with Gasteiger partial charge in [0.1, 0.15) is 0 Å². The molecule has 0 radical (unpaired) electrons. The molecule has 0 unspecified atom stereocenters. The zero-order valence-corrected chi connectivity index (χ0v) is 6.68. The molecule has 0 aliphatic carbocycles. The molecule has 0 bridgehead atoms. The maximum atomic E-state index is 6.47. The number of halogens is 2. The average Bonchev–Trinajstić information content (AvgIpc) is 2.10. The number of aromatic nitrogens is 1. The summed E-state index contributed by atoms with van der Waals surface area (Å²) < 4.78 is 6.47. The first-order chi connectivity index (χ1) is 4.93. The van der Waals surface area contributed by atoms with Crippen molar-refractivity contribution in [2.75, 3.05) is 0 Å². The third-order valence-electron chi connectivity index (χ3n) is 0.877. The number of hydrogen-bond acceptors (Lipinski definition) is 2. The van der Waals surface area contributed by atoms with E-state index in [2.05, 4.69) is 16.9 Å². The molecule has 0 aliphatic rings. The lowest BCUT2D eigenvalue weighted by atomic mass is 10.3. The third kappa shape index (κ3) is 3.67. The first-order valence-corrected chi connectivity index (χ1v) is 3.42. The minimum Gasteiger partial charge on any atom is -0.295 e. The number of alkyl halides is 1. The minimum absolute atomic E-state index is 0.549. The van der Waals surface area contributed by atoms with Crippen LogP contribution in [0.15, 0.2) is 24.5 Å². The molecule has 1 rings (SSSR count). The Kier molecular flexibility index (Phi) is 6.59. The molecule has 10 heavy (non-hydrogen) atoms. The first-order valence-electron chi connectivity index (χ1n) is 2.55. The molecule has 0 saturated heterocycles. The van der Waals surface area contributed by atoms with E-state index in [9.17, 15) is 0 Å². The minimum atomic E-state index is 0.549. The molecular formula is C6H7Cl2NO. The summed E-state index contributed by atoms with van der Waals surface area (Å²) in [5.41, 5.74) is 1.06. The molecule has 0 amide bonds. The van der Waals surface area contributed by atoms with Crippen molar-refractivity contribution in [1.29, 1.82) is 0 Å². The maximum absolute atomic E-state index is 6.47. The fourth-order valence-electron chi connectivity index (χ4n) is 0.477. The average molecular weight is 180 g/mol. The van der Waals surface area contributed by atoms with Gasteiger partial charge in [0.25, 0.3) is 0 Å². The highest BCUT2D eigenvalue weighted by Gasteiger charge is 1.82. The van der Waals surface area contributed by atoms with E-state index < -0.39 is 0 Å². The summed E-state index contributed by atoms with van der Waals surface area (Å²) in [7, 11) is 0. The quantitative estimate of drug-likeness (QED) is 0.670. The van der Waals surface area contributed by atoms with Crippen LogP contribution >= 0.6 is 23.5 Å². The molecule has 2 nitrogen and oxygen atoms in total. The maximum Gasteiger partial charge on any atom is 0.0579 e. The summed E-state index contributed by atoms with van der Waals surface area (Å²) >= 11 is 9.13. The fourth-order valence-corrected chi connectivity index (χ4v) is 0.635. The van der Waals surface area contributed by atoms with Gasteiger partial charge in [0.2, 0.25) is 0 Å². The molecule has 56 valence electrons.